The van der Waals surface area contributed by atoms with Crippen molar-refractivity contribution in [2.75, 3.05) is 5.32 Å². The van der Waals surface area contributed by atoms with Gasteiger partial charge >= 0.3 is 0 Å². The highest BCUT2D eigenvalue weighted by Gasteiger charge is 2.17. The number of benzene rings is 2. The molecule has 1 aliphatic rings. The van der Waals surface area contributed by atoms with E-state index < -0.39 is 0 Å². The summed E-state index contributed by atoms with van der Waals surface area (Å²) in [4.78, 5) is 8.02. The average Bonchev–Trinajstić information content (AvgIpc) is 3.33. The summed E-state index contributed by atoms with van der Waals surface area (Å²) in [5.74, 6) is 0.763. The second-order valence-corrected chi connectivity index (χ2v) is 7.02. The van der Waals surface area contributed by atoms with Crippen LogP contribution in [0.1, 0.15) is 29.5 Å². The minimum absolute atomic E-state index is 0.763. The Kier molecular flexibility index (Phi) is 3.78. The van der Waals surface area contributed by atoms with Crippen molar-refractivity contribution in [1.29, 1.82) is 0 Å². The van der Waals surface area contributed by atoms with Crippen LogP contribution in [0.2, 0.25) is 0 Å². The van der Waals surface area contributed by atoms with Gasteiger partial charge < -0.3 is 10.3 Å². The van der Waals surface area contributed by atoms with E-state index in [1.807, 2.05) is 24.3 Å². The molecular weight excluding hydrogens is 334 g/mol. The number of rotatable bonds is 4. The zero-order valence-electron chi connectivity index (χ0n) is 15.0. The van der Waals surface area contributed by atoms with Gasteiger partial charge in [0.2, 0.25) is 0 Å². The van der Waals surface area contributed by atoms with Gasteiger partial charge in [-0.2, -0.15) is 5.10 Å². The van der Waals surface area contributed by atoms with Crippen LogP contribution in [0.4, 0.5) is 5.69 Å². The second-order valence-electron chi connectivity index (χ2n) is 7.02. The summed E-state index contributed by atoms with van der Waals surface area (Å²) in [6.45, 7) is 4.30. The molecule has 5 rings (SSSR count). The molecule has 2 aromatic carbocycles. The van der Waals surface area contributed by atoms with E-state index in [1.54, 1.807) is 6.20 Å². The number of anilines is 1. The number of aromatic amines is 2. The highest BCUT2D eigenvalue weighted by molar-refractivity contribution is 5.85. The third-order valence-corrected chi connectivity index (χ3v) is 5.27. The van der Waals surface area contributed by atoms with Crippen LogP contribution in [0, 0.1) is 0 Å². The van der Waals surface area contributed by atoms with Crippen molar-refractivity contribution >= 4 is 22.4 Å². The first-order valence-electron chi connectivity index (χ1n) is 9.35. The van der Waals surface area contributed by atoms with Crippen LogP contribution in [0.3, 0.4) is 0 Å². The number of hydrogen-bond acceptors (Lipinski definition) is 3. The number of aromatic nitrogens is 4. The molecule has 0 amide bonds. The topological polar surface area (TPSA) is 69.4 Å². The van der Waals surface area contributed by atoms with E-state index in [2.05, 4.69) is 50.3 Å². The number of imidazole rings is 1. The first-order chi connectivity index (χ1) is 13.3. The Morgan fingerprint density at radius 1 is 1.04 bits per heavy atom. The van der Waals surface area contributed by atoms with Gasteiger partial charge in [0.05, 0.1) is 22.9 Å². The molecule has 5 heteroatoms. The van der Waals surface area contributed by atoms with E-state index in [-0.39, 0.29) is 0 Å². The fourth-order valence-electron chi connectivity index (χ4n) is 3.93. The molecule has 3 N–H and O–H groups in total. The van der Waals surface area contributed by atoms with Crippen molar-refractivity contribution in [3.05, 3.63) is 71.9 Å². The smallest absolute Gasteiger partial charge is 0.158 e. The maximum atomic E-state index is 4.67. The molecule has 0 atom stereocenters. The van der Waals surface area contributed by atoms with Crippen molar-refractivity contribution in [1.82, 2.24) is 20.2 Å². The predicted octanol–water partition coefficient (Wildman–Crippen LogP) is 4.91. The van der Waals surface area contributed by atoms with Crippen molar-refractivity contribution < 1.29 is 0 Å². The van der Waals surface area contributed by atoms with Crippen LogP contribution in [0.25, 0.3) is 28.2 Å². The Balaban J connectivity index is 1.47. The van der Waals surface area contributed by atoms with Gasteiger partial charge in [-0.1, -0.05) is 36.9 Å². The van der Waals surface area contributed by atoms with Gasteiger partial charge in [0.15, 0.2) is 5.82 Å². The summed E-state index contributed by atoms with van der Waals surface area (Å²) >= 11 is 0. The monoisotopic (exact) mass is 355 g/mol. The van der Waals surface area contributed by atoms with Gasteiger partial charge in [0.1, 0.15) is 5.69 Å². The molecule has 0 fully saturated rings. The lowest BCUT2D eigenvalue weighted by Gasteiger charge is -2.21. The molecular formula is C22H21N5. The maximum absolute atomic E-state index is 4.67. The molecule has 27 heavy (non-hydrogen) atoms. The number of H-pyrrole nitrogens is 2. The summed E-state index contributed by atoms with van der Waals surface area (Å²) in [5, 5.41) is 10.7. The Bertz CT molecular complexity index is 1100. The number of nitrogens with zero attached hydrogens (tertiary/aromatic N) is 2. The largest absolute Gasteiger partial charge is 0.352 e. The lowest BCUT2D eigenvalue weighted by molar-refractivity contribution is 0.684. The normalized spacial score (nSPS) is 13.5. The molecule has 2 heterocycles. The minimum Gasteiger partial charge on any atom is -0.352 e. The number of hydrogen-bond donors (Lipinski definition) is 3. The second kappa shape index (κ2) is 6.43. The molecule has 5 nitrogen and oxygen atoms in total. The molecule has 0 aliphatic heterocycles. The molecule has 0 spiro atoms. The zero-order chi connectivity index (χ0) is 18.2. The van der Waals surface area contributed by atoms with E-state index >= 15 is 0 Å². The minimum atomic E-state index is 0.763. The molecule has 0 radical (unpaired) electrons. The zero-order valence-corrected chi connectivity index (χ0v) is 15.0. The molecule has 0 unspecified atom stereocenters. The molecule has 0 bridgehead atoms. The maximum Gasteiger partial charge on any atom is 0.158 e. The number of nitrogens with one attached hydrogen (secondary N) is 3. The first-order valence-corrected chi connectivity index (χ1v) is 9.35. The van der Waals surface area contributed by atoms with Crippen molar-refractivity contribution in [3.8, 4) is 11.5 Å². The summed E-state index contributed by atoms with van der Waals surface area (Å²) < 4.78 is 0. The van der Waals surface area contributed by atoms with Crippen LogP contribution in [0.15, 0.2) is 55.2 Å². The number of para-hydroxylation sites is 2. The SMILES string of the molecule is C=C(Nc1cn[nH]c1-c1nc2ccccc2[nH]1)c1cccc2c1CCCC2. The quantitative estimate of drug-likeness (QED) is 0.487. The van der Waals surface area contributed by atoms with E-state index in [0.717, 1.165) is 46.8 Å². The van der Waals surface area contributed by atoms with Crippen LogP contribution < -0.4 is 5.32 Å². The summed E-state index contributed by atoms with van der Waals surface area (Å²) in [5.41, 5.74) is 8.61. The van der Waals surface area contributed by atoms with Crippen molar-refractivity contribution in [3.63, 3.8) is 0 Å². The van der Waals surface area contributed by atoms with Crippen molar-refractivity contribution in [2.24, 2.45) is 0 Å². The van der Waals surface area contributed by atoms with Gasteiger partial charge in [-0.3, -0.25) is 5.10 Å². The Hall–Kier alpha value is -3.34. The molecule has 0 saturated carbocycles. The van der Waals surface area contributed by atoms with E-state index in [4.69, 9.17) is 0 Å². The molecule has 2 aromatic heterocycles. The van der Waals surface area contributed by atoms with Gasteiger partial charge in [-0.25, -0.2) is 4.98 Å². The highest BCUT2D eigenvalue weighted by Crippen LogP contribution is 2.31. The lowest BCUT2D eigenvalue weighted by Crippen LogP contribution is -2.08. The molecule has 0 saturated heterocycles. The summed E-state index contributed by atoms with van der Waals surface area (Å²) in [7, 11) is 0. The van der Waals surface area contributed by atoms with Gasteiger partial charge in [0.25, 0.3) is 0 Å². The number of aryl methyl sites for hydroxylation is 1. The summed E-state index contributed by atoms with van der Waals surface area (Å²) in [6, 6.07) is 14.5. The first kappa shape index (κ1) is 15.9. The highest BCUT2D eigenvalue weighted by atomic mass is 15.2. The predicted molar refractivity (Wildman–Crippen MR) is 109 cm³/mol. The average molecular weight is 355 g/mol. The summed E-state index contributed by atoms with van der Waals surface area (Å²) in [6.07, 6.45) is 6.57. The Labute approximate surface area is 157 Å². The van der Waals surface area contributed by atoms with Crippen LogP contribution >= 0.6 is 0 Å². The third-order valence-electron chi connectivity index (χ3n) is 5.27. The lowest BCUT2D eigenvalue weighted by atomic mass is 9.87. The van der Waals surface area contributed by atoms with Gasteiger partial charge in [-0.15, -0.1) is 0 Å². The van der Waals surface area contributed by atoms with Crippen LogP contribution in [-0.4, -0.2) is 20.2 Å². The molecule has 4 aromatic rings. The fraction of sp³-hybridized carbons (Fsp3) is 0.182. The van der Waals surface area contributed by atoms with E-state index in [1.165, 1.54) is 29.5 Å². The standard InChI is InChI=1S/C22H21N5/c1-14(16-10-6-8-15-7-2-3-9-17(15)16)24-20-13-23-27-21(20)22-25-18-11-4-5-12-19(18)26-22/h4-6,8,10-13,24H,1-3,7,9H2,(H,23,27)(H,25,26). The Morgan fingerprint density at radius 3 is 2.85 bits per heavy atom. The third kappa shape index (κ3) is 2.81. The fourth-order valence-corrected chi connectivity index (χ4v) is 3.93. The van der Waals surface area contributed by atoms with Crippen molar-refractivity contribution in [2.45, 2.75) is 25.7 Å². The molecule has 1 aliphatic carbocycles. The number of fused-ring (bicyclic) bond motifs is 2. The van der Waals surface area contributed by atoms with Gasteiger partial charge in [0, 0.05) is 11.3 Å². The van der Waals surface area contributed by atoms with E-state index in [9.17, 15) is 0 Å². The van der Waals surface area contributed by atoms with Gasteiger partial charge in [-0.05, 0) is 48.9 Å². The molecule has 134 valence electrons. The Morgan fingerprint density at radius 2 is 1.93 bits per heavy atom. The van der Waals surface area contributed by atoms with Crippen LogP contribution in [0.5, 0.6) is 0 Å². The van der Waals surface area contributed by atoms with Crippen LogP contribution in [-0.2, 0) is 12.8 Å². The van der Waals surface area contributed by atoms with E-state index in [0.29, 0.717) is 0 Å².